The monoisotopic (exact) mass is 281 g/mol. The first kappa shape index (κ1) is 13.2. The zero-order valence-electron chi connectivity index (χ0n) is 11.2. The molecule has 1 fully saturated rings. The van der Waals surface area contributed by atoms with Crippen molar-refractivity contribution in [2.45, 2.75) is 38.3 Å². The fourth-order valence-electron chi connectivity index (χ4n) is 3.13. The van der Waals surface area contributed by atoms with Crippen LogP contribution in [-0.2, 0) is 17.6 Å². The van der Waals surface area contributed by atoms with E-state index in [1.165, 1.54) is 5.56 Å². The number of halogens is 1. The number of rotatable bonds is 3. The molecule has 0 aliphatic carbocycles. The average molecular weight is 282 g/mol. The maximum atomic E-state index is 6.32. The van der Waals surface area contributed by atoms with E-state index in [0.29, 0.717) is 5.92 Å². The Morgan fingerprint density at radius 3 is 3.00 bits per heavy atom. The molecule has 3 nitrogen and oxygen atoms in total. The van der Waals surface area contributed by atoms with Gasteiger partial charge in [-0.2, -0.15) is 0 Å². The van der Waals surface area contributed by atoms with Crippen molar-refractivity contribution in [3.05, 3.63) is 28.3 Å². The summed E-state index contributed by atoms with van der Waals surface area (Å²) in [5.41, 5.74) is 8.65. The SMILES string of the molecule is CC1CCOC1C(N)Cc1cc(Cl)cc2c1OCC2. The minimum atomic E-state index is 0.00395. The molecular formula is C15H20ClNO2. The molecule has 0 saturated carbocycles. The largest absolute Gasteiger partial charge is 0.493 e. The van der Waals surface area contributed by atoms with Crippen LogP contribution in [0.5, 0.6) is 5.75 Å². The van der Waals surface area contributed by atoms with Gasteiger partial charge in [-0.3, -0.25) is 0 Å². The van der Waals surface area contributed by atoms with Crippen molar-refractivity contribution < 1.29 is 9.47 Å². The van der Waals surface area contributed by atoms with E-state index in [-0.39, 0.29) is 12.1 Å². The van der Waals surface area contributed by atoms with Crippen LogP contribution in [0.2, 0.25) is 5.02 Å². The van der Waals surface area contributed by atoms with Gasteiger partial charge in [-0.05, 0) is 42.0 Å². The Balaban J connectivity index is 1.79. The number of hydrogen-bond acceptors (Lipinski definition) is 3. The summed E-state index contributed by atoms with van der Waals surface area (Å²) >= 11 is 6.17. The van der Waals surface area contributed by atoms with Crippen LogP contribution in [0.4, 0.5) is 0 Å². The number of nitrogens with two attached hydrogens (primary N) is 1. The smallest absolute Gasteiger partial charge is 0.125 e. The van der Waals surface area contributed by atoms with Gasteiger partial charge in [0.2, 0.25) is 0 Å². The molecule has 1 aromatic rings. The Labute approximate surface area is 119 Å². The lowest BCUT2D eigenvalue weighted by Crippen LogP contribution is -2.39. The summed E-state index contributed by atoms with van der Waals surface area (Å²) in [5, 5.41) is 0.770. The molecule has 2 N–H and O–H groups in total. The Hall–Kier alpha value is -0.770. The zero-order chi connectivity index (χ0) is 13.4. The molecule has 4 heteroatoms. The van der Waals surface area contributed by atoms with E-state index in [2.05, 4.69) is 6.92 Å². The van der Waals surface area contributed by atoms with Gasteiger partial charge >= 0.3 is 0 Å². The van der Waals surface area contributed by atoms with Crippen LogP contribution in [0.25, 0.3) is 0 Å². The van der Waals surface area contributed by atoms with E-state index in [1.54, 1.807) is 0 Å². The van der Waals surface area contributed by atoms with Crippen LogP contribution in [0.15, 0.2) is 12.1 Å². The van der Waals surface area contributed by atoms with Crippen LogP contribution in [0, 0.1) is 5.92 Å². The van der Waals surface area contributed by atoms with Gasteiger partial charge in [-0.1, -0.05) is 18.5 Å². The minimum Gasteiger partial charge on any atom is -0.493 e. The molecule has 104 valence electrons. The van der Waals surface area contributed by atoms with E-state index in [1.807, 2.05) is 12.1 Å². The fraction of sp³-hybridized carbons (Fsp3) is 0.600. The van der Waals surface area contributed by atoms with Crippen molar-refractivity contribution in [2.24, 2.45) is 11.7 Å². The first-order chi connectivity index (χ1) is 9.15. The van der Waals surface area contributed by atoms with Crippen molar-refractivity contribution in [1.29, 1.82) is 0 Å². The molecule has 0 spiro atoms. The Kier molecular flexibility index (Phi) is 3.70. The number of hydrogen-bond donors (Lipinski definition) is 1. The van der Waals surface area contributed by atoms with Gasteiger partial charge in [0.1, 0.15) is 5.75 Å². The topological polar surface area (TPSA) is 44.5 Å². The third kappa shape index (κ3) is 2.60. The van der Waals surface area contributed by atoms with E-state index in [9.17, 15) is 0 Å². The molecule has 0 radical (unpaired) electrons. The lowest BCUT2D eigenvalue weighted by atomic mass is 9.92. The summed E-state index contributed by atoms with van der Waals surface area (Å²) in [6.45, 7) is 3.77. The van der Waals surface area contributed by atoms with Crippen molar-refractivity contribution in [3.8, 4) is 5.75 Å². The second-order valence-electron chi connectivity index (χ2n) is 5.62. The van der Waals surface area contributed by atoms with Crippen molar-refractivity contribution in [1.82, 2.24) is 0 Å². The van der Waals surface area contributed by atoms with Crippen LogP contribution in [0.3, 0.4) is 0 Å². The standard InChI is InChI=1S/C15H20ClNO2/c1-9-2-4-18-14(9)13(17)8-11-7-12(16)6-10-3-5-19-15(10)11/h6-7,9,13-14H,2-5,8,17H2,1H3. The molecule has 3 atom stereocenters. The fourth-order valence-corrected chi connectivity index (χ4v) is 3.40. The number of ether oxygens (including phenoxy) is 2. The van der Waals surface area contributed by atoms with Gasteiger partial charge in [0, 0.05) is 24.1 Å². The molecular weight excluding hydrogens is 262 g/mol. The lowest BCUT2D eigenvalue weighted by molar-refractivity contribution is 0.0725. The third-order valence-electron chi connectivity index (χ3n) is 4.15. The highest BCUT2D eigenvalue weighted by Gasteiger charge is 2.31. The molecule has 3 rings (SSSR count). The molecule has 2 aliphatic heterocycles. The highest BCUT2D eigenvalue weighted by atomic mass is 35.5. The second kappa shape index (κ2) is 5.31. The molecule has 1 saturated heterocycles. The zero-order valence-corrected chi connectivity index (χ0v) is 12.0. The van der Waals surface area contributed by atoms with Gasteiger partial charge < -0.3 is 15.2 Å². The maximum absolute atomic E-state index is 6.32. The molecule has 0 amide bonds. The summed E-state index contributed by atoms with van der Waals surface area (Å²) in [4.78, 5) is 0. The van der Waals surface area contributed by atoms with Crippen LogP contribution < -0.4 is 10.5 Å². The Bertz CT molecular complexity index is 477. The summed E-state index contributed by atoms with van der Waals surface area (Å²) in [5.74, 6) is 1.52. The highest BCUT2D eigenvalue weighted by molar-refractivity contribution is 6.30. The molecule has 19 heavy (non-hydrogen) atoms. The molecule has 3 unspecified atom stereocenters. The van der Waals surface area contributed by atoms with E-state index < -0.39 is 0 Å². The third-order valence-corrected chi connectivity index (χ3v) is 4.37. The minimum absolute atomic E-state index is 0.00395. The summed E-state index contributed by atoms with van der Waals surface area (Å²) < 4.78 is 11.5. The summed E-state index contributed by atoms with van der Waals surface area (Å²) in [7, 11) is 0. The van der Waals surface area contributed by atoms with Crippen molar-refractivity contribution in [2.75, 3.05) is 13.2 Å². The van der Waals surface area contributed by atoms with E-state index in [0.717, 1.165) is 48.8 Å². The number of benzene rings is 1. The van der Waals surface area contributed by atoms with Gasteiger partial charge in [0.15, 0.2) is 0 Å². The first-order valence-electron chi connectivity index (χ1n) is 6.96. The van der Waals surface area contributed by atoms with Gasteiger partial charge in [0.05, 0.1) is 12.7 Å². The maximum Gasteiger partial charge on any atom is 0.125 e. The summed E-state index contributed by atoms with van der Waals surface area (Å²) in [6, 6.07) is 3.97. The Morgan fingerprint density at radius 2 is 2.26 bits per heavy atom. The van der Waals surface area contributed by atoms with Crippen LogP contribution in [-0.4, -0.2) is 25.4 Å². The van der Waals surface area contributed by atoms with Gasteiger partial charge in [-0.25, -0.2) is 0 Å². The molecule has 2 heterocycles. The number of fused-ring (bicyclic) bond motifs is 1. The first-order valence-corrected chi connectivity index (χ1v) is 7.34. The lowest BCUT2D eigenvalue weighted by Gasteiger charge is -2.23. The average Bonchev–Trinajstić information content (AvgIpc) is 2.97. The predicted octanol–water partition coefficient (Wildman–Crippen LogP) is 2.57. The van der Waals surface area contributed by atoms with Crippen LogP contribution in [0.1, 0.15) is 24.5 Å². The van der Waals surface area contributed by atoms with Crippen LogP contribution >= 0.6 is 11.6 Å². The van der Waals surface area contributed by atoms with Crippen molar-refractivity contribution >= 4 is 11.6 Å². The van der Waals surface area contributed by atoms with Gasteiger partial charge in [0.25, 0.3) is 0 Å². The Morgan fingerprint density at radius 1 is 1.42 bits per heavy atom. The van der Waals surface area contributed by atoms with Crippen molar-refractivity contribution in [3.63, 3.8) is 0 Å². The molecule has 2 aliphatic rings. The normalized spacial score (nSPS) is 27.1. The van der Waals surface area contributed by atoms with E-state index in [4.69, 9.17) is 26.8 Å². The quantitative estimate of drug-likeness (QED) is 0.926. The predicted molar refractivity (Wildman–Crippen MR) is 75.9 cm³/mol. The van der Waals surface area contributed by atoms with Gasteiger partial charge in [-0.15, -0.1) is 0 Å². The highest BCUT2D eigenvalue weighted by Crippen LogP contribution is 2.34. The van der Waals surface area contributed by atoms with E-state index >= 15 is 0 Å². The molecule has 0 aromatic heterocycles. The second-order valence-corrected chi connectivity index (χ2v) is 6.06. The summed E-state index contributed by atoms with van der Waals surface area (Å²) in [6.07, 6.45) is 2.95. The molecule has 1 aromatic carbocycles. The molecule has 0 bridgehead atoms.